The second-order valence-corrected chi connectivity index (χ2v) is 5.86. The molecular weight excluding hydrogens is 294 g/mol. The van der Waals surface area contributed by atoms with Gasteiger partial charge in [0, 0.05) is 19.1 Å². The molecule has 2 N–H and O–H groups in total. The van der Waals surface area contributed by atoms with Crippen LogP contribution in [0.3, 0.4) is 0 Å². The van der Waals surface area contributed by atoms with Gasteiger partial charge in [0.15, 0.2) is 0 Å². The molecule has 5 heteroatoms. The summed E-state index contributed by atoms with van der Waals surface area (Å²) in [5.74, 6) is 0.418. The normalized spacial score (nSPS) is 25.1. The number of ether oxygens (including phenoxy) is 1. The fraction of sp³-hybridized carbons (Fsp3) is 0.769. The van der Waals surface area contributed by atoms with Crippen molar-refractivity contribution < 1.29 is 4.74 Å². The number of nitrogens with two attached hydrogens (primary N) is 1. The maximum atomic E-state index is 6.34. The zero-order valence-electron chi connectivity index (χ0n) is 10.9. The minimum Gasteiger partial charge on any atom is -0.383 e. The van der Waals surface area contributed by atoms with Crippen molar-refractivity contribution in [2.45, 2.75) is 50.6 Å². The quantitative estimate of drug-likeness (QED) is 0.869. The van der Waals surface area contributed by atoms with E-state index in [1.807, 2.05) is 10.9 Å². The Hall–Kier alpha value is -0.390. The minimum absolute atomic E-state index is 0.252. The van der Waals surface area contributed by atoms with Crippen LogP contribution in [0.25, 0.3) is 0 Å². The monoisotopic (exact) mass is 315 g/mol. The SMILES string of the molecule is COCCn1ncc(Br)c1C1CCCCCC1N. The van der Waals surface area contributed by atoms with E-state index in [2.05, 4.69) is 21.0 Å². The molecule has 0 aliphatic heterocycles. The molecule has 4 nitrogen and oxygen atoms in total. The predicted octanol–water partition coefficient (Wildman–Crippen LogP) is 2.67. The van der Waals surface area contributed by atoms with Crippen LogP contribution in [-0.4, -0.2) is 29.5 Å². The third kappa shape index (κ3) is 3.13. The standard InChI is InChI=1S/C13H22BrN3O/c1-18-8-7-17-13(11(14)9-16-17)10-5-3-2-4-6-12(10)15/h9-10,12H,2-8,15H2,1H3. The summed E-state index contributed by atoms with van der Waals surface area (Å²) < 4.78 is 8.27. The molecule has 2 atom stereocenters. The summed E-state index contributed by atoms with van der Waals surface area (Å²) in [6.45, 7) is 1.48. The summed E-state index contributed by atoms with van der Waals surface area (Å²) in [5.41, 5.74) is 7.59. The van der Waals surface area contributed by atoms with Crippen LogP contribution < -0.4 is 5.73 Å². The van der Waals surface area contributed by atoms with E-state index in [9.17, 15) is 0 Å². The molecule has 1 aromatic heterocycles. The van der Waals surface area contributed by atoms with Crippen LogP contribution in [0.15, 0.2) is 10.7 Å². The molecule has 0 radical (unpaired) electrons. The average Bonchev–Trinajstić information content (AvgIpc) is 2.58. The van der Waals surface area contributed by atoms with Crippen molar-refractivity contribution in [3.63, 3.8) is 0 Å². The third-order valence-corrected chi connectivity index (χ3v) is 4.37. The molecule has 0 saturated heterocycles. The van der Waals surface area contributed by atoms with Crippen molar-refractivity contribution in [2.24, 2.45) is 5.73 Å². The van der Waals surface area contributed by atoms with Crippen molar-refractivity contribution in [3.05, 3.63) is 16.4 Å². The van der Waals surface area contributed by atoms with E-state index in [0.717, 1.165) is 17.4 Å². The number of methoxy groups -OCH3 is 1. The van der Waals surface area contributed by atoms with Gasteiger partial charge in [0.2, 0.25) is 0 Å². The maximum Gasteiger partial charge on any atom is 0.0658 e. The highest BCUT2D eigenvalue weighted by molar-refractivity contribution is 9.10. The summed E-state index contributed by atoms with van der Waals surface area (Å²) >= 11 is 3.62. The van der Waals surface area contributed by atoms with E-state index in [4.69, 9.17) is 10.5 Å². The van der Waals surface area contributed by atoms with Gasteiger partial charge < -0.3 is 10.5 Å². The fourth-order valence-corrected chi connectivity index (χ4v) is 3.36. The van der Waals surface area contributed by atoms with E-state index in [0.29, 0.717) is 12.5 Å². The molecule has 1 aliphatic carbocycles. The lowest BCUT2D eigenvalue weighted by atomic mass is 9.92. The zero-order valence-corrected chi connectivity index (χ0v) is 12.5. The van der Waals surface area contributed by atoms with Crippen molar-refractivity contribution in [2.75, 3.05) is 13.7 Å². The summed E-state index contributed by atoms with van der Waals surface area (Å²) in [6.07, 6.45) is 7.98. The van der Waals surface area contributed by atoms with Gasteiger partial charge in [-0.05, 0) is 28.8 Å². The summed E-state index contributed by atoms with van der Waals surface area (Å²) in [5, 5.41) is 4.43. The van der Waals surface area contributed by atoms with Crippen molar-refractivity contribution in [3.8, 4) is 0 Å². The van der Waals surface area contributed by atoms with Crippen molar-refractivity contribution >= 4 is 15.9 Å². The maximum absolute atomic E-state index is 6.34. The van der Waals surface area contributed by atoms with Gasteiger partial charge in [-0.15, -0.1) is 0 Å². The zero-order chi connectivity index (χ0) is 13.0. The Kier molecular flexibility index (Phi) is 5.21. The van der Waals surface area contributed by atoms with Crippen LogP contribution in [-0.2, 0) is 11.3 Å². The molecule has 2 unspecified atom stereocenters. The summed E-state index contributed by atoms with van der Waals surface area (Å²) in [7, 11) is 1.72. The van der Waals surface area contributed by atoms with Crippen molar-refractivity contribution in [1.29, 1.82) is 0 Å². The average molecular weight is 316 g/mol. The number of halogens is 1. The molecule has 102 valence electrons. The van der Waals surface area contributed by atoms with Gasteiger partial charge in [0.25, 0.3) is 0 Å². The van der Waals surface area contributed by atoms with Crippen LogP contribution in [0.5, 0.6) is 0 Å². The van der Waals surface area contributed by atoms with Gasteiger partial charge in [0.1, 0.15) is 0 Å². The van der Waals surface area contributed by atoms with Gasteiger partial charge in [-0.1, -0.05) is 19.3 Å². The van der Waals surface area contributed by atoms with Crippen LogP contribution >= 0.6 is 15.9 Å². The second-order valence-electron chi connectivity index (χ2n) is 5.00. The van der Waals surface area contributed by atoms with Gasteiger partial charge >= 0.3 is 0 Å². The minimum atomic E-state index is 0.252. The number of aromatic nitrogens is 2. The molecule has 0 spiro atoms. The first-order valence-electron chi connectivity index (χ1n) is 6.69. The van der Waals surface area contributed by atoms with E-state index >= 15 is 0 Å². The van der Waals surface area contributed by atoms with Crippen molar-refractivity contribution in [1.82, 2.24) is 9.78 Å². The lowest BCUT2D eigenvalue weighted by Crippen LogP contribution is -2.29. The van der Waals surface area contributed by atoms with E-state index in [1.54, 1.807) is 7.11 Å². The van der Waals surface area contributed by atoms with Crippen LogP contribution in [0, 0.1) is 0 Å². The molecule has 0 amide bonds. The van der Waals surface area contributed by atoms with Crippen LogP contribution in [0.1, 0.15) is 43.7 Å². The molecule has 1 aromatic rings. The van der Waals surface area contributed by atoms with Gasteiger partial charge in [-0.3, -0.25) is 4.68 Å². The number of rotatable bonds is 4. The predicted molar refractivity (Wildman–Crippen MR) is 75.6 cm³/mol. The van der Waals surface area contributed by atoms with Gasteiger partial charge in [-0.2, -0.15) is 5.10 Å². The lowest BCUT2D eigenvalue weighted by Gasteiger charge is -2.23. The lowest BCUT2D eigenvalue weighted by molar-refractivity contribution is 0.181. The number of hydrogen-bond donors (Lipinski definition) is 1. The molecule has 18 heavy (non-hydrogen) atoms. The number of nitrogens with zero attached hydrogens (tertiary/aromatic N) is 2. The first-order chi connectivity index (χ1) is 8.74. The topological polar surface area (TPSA) is 53.1 Å². The Morgan fingerprint density at radius 3 is 3.00 bits per heavy atom. The van der Waals surface area contributed by atoms with Crippen LogP contribution in [0.4, 0.5) is 0 Å². The highest BCUT2D eigenvalue weighted by atomic mass is 79.9. The van der Waals surface area contributed by atoms with E-state index < -0.39 is 0 Å². The molecule has 1 saturated carbocycles. The highest BCUT2D eigenvalue weighted by Crippen LogP contribution is 2.34. The molecule has 1 aliphatic rings. The first kappa shape index (κ1) is 14.0. The smallest absolute Gasteiger partial charge is 0.0658 e. The summed E-state index contributed by atoms with van der Waals surface area (Å²) in [4.78, 5) is 0. The fourth-order valence-electron chi connectivity index (χ4n) is 2.77. The molecule has 0 aromatic carbocycles. The summed E-state index contributed by atoms with van der Waals surface area (Å²) in [6, 6.07) is 0.252. The Balaban J connectivity index is 2.21. The van der Waals surface area contributed by atoms with Gasteiger partial charge in [-0.25, -0.2) is 0 Å². The van der Waals surface area contributed by atoms with E-state index in [-0.39, 0.29) is 6.04 Å². The van der Waals surface area contributed by atoms with Crippen LogP contribution in [0.2, 0.25) is 0 Å². The Morgan fingerprint density at radius 1 is 1.44 bits per heavy atom. The van der Waals surface area contributed by atoms with Gasteiger partial charge in [0.05, 0.1) is 29.5 Å². The Labute approximate surface area is 117 Å². The second kappa shape index (κ2) is 6.68. The largest absolute Gasteiger partial charge is 0.383 e. The third-order valence-electron chi connectivity index (χ3n) is 3.76. The molecular formula is C13H22BrN3O. The molecule has 0 bridgehead atoms. The number of hydrogen-bond acceptors (Lipinski definition) is 3. The Morgan fingerprint density at radius 2 is 2.22 bits per heavy atom. The van der Waals surface area contributed by atoms with E-state index in [1.165, 1.54) is 31.4 Å². The molecule has 1 fully saturated rings. The highest BCUT2D eigenvalue weighted by Gasteiger charge is 2.27. The molecule has 2 rings (SSSR count). The Bertz CT molecular complexity index is 380. The molecule has 1 heterocycles. The first-order valence-corrected chi connectivity index (χ1v) is 7.49.